The highest BCUT2D eigenvalue weighted by Crippen LogP contribution is 2.27. The van der Waals surface area contributed by atoms with Crippen molar-refractivity contribution in [3.63, 3.8) is 0 Å². The molecule has 0 aromatic heterocycles. The molecule has 1 amide bonds. The molecule has 0 spiro atoms. The Morgan fingerprint density at radius 3 is 2.44 bits per heavy atom. The average Bonchev–Trinajstić information content (AvgIpc) is 2.61. The summed E-state index contributed by atoms with van der Waals surface area (Å²) >= 11 is 0. The molecule has 1 aromatic rings. The van der Waals surface area contributed by atoms with Gasteiger partial charge < -0.3 is 9.64 Å². The zero-order chi connectivity index (χ0) is 18.1. The van der Waals surface area contributed by atoms with Gasteiger partial charge in [-0.1, -0.05) is 49.1 Å². The van der Waals surface area contributed by atoms with Crippen molar-refractivity contribution >= 4 is 11.9 Å². The number of rotatable bonds is 8. The van der Waals surface area contributed by atoms with Crippen LogP contribution in [-0.2, 0) is 20.9 Å². The quantitative estimate of drug-likeness (QED) is 0.662. The van der Waals surface area contributed by atoms with Crippen molar-refractivity contribution in [2.75, 3.05) is 13.2 Å². The molecule has 25 heavy (non-hydrogen) atoms. The number of ether oxygens (including phenoxy) is 1. The van der Waals surface area contributed by atoms with E-state index in [-0.39, 0.29) is 18.3 Å². The molecule has 0 unspecified atom stereocenters. The lowest BCUT2D eigenvalue weighted by Crippen LogP contribution is -2.34. The number of benzene rings is 1. The van der Waals surface area contributed by atoms with Gasteiger partial charge in [-0.15, -0.1) is 0 Å². The zero-order valence-corrected chi connectivity index (χ0v) is 15.6. The van der Waals surface area contributed by atoms with Crippen molar-refractivity contribution in [1.82, 2.24) is 4.90 Å². The van der Waals surface area contributed by atoms with E-state index in [9.17, 15) is 9.59 Å². The molecule has 0 radical (unpaired) electrons. The highest BCUT2D eigenvalue weighted by Gasteiger charge is 2.22. The minimum absolute atomic E-state index is 0.164. The van der Waals surface area contributed by atoms with Gasteiger partial charge in [-0.2, -0.15) is 0 Å². The molecule has 0 aliphatic heterocycles. The maximum Gasteiger partial charge on any atom is 0.307 e. The van der Waals surface area contributed by atoms with Crippen molar-refractivity contribution in [1.29, 1.82) is 0 Å². The predicted molar refractivity (Wildman–Crippen MR) is 99.0 cm³/mol. The first kappa shape index (κ1) is 19.5. The minimum Gasteiger partial charge on any atom is -0.466 e. The van der Waals surface area contributed by atoms with Crippen LogP contribution in [0.25, 0.3) is 0 Å². The second-order valence-corrected chi connectivity index (χ2v) is 7.06. The van der Waals surface area contributed by atoms with E-state index in [1.54, 1.807) is 6.92 Å². The summed E-state index contributed by atoms with van der Waals surface area (Å²) in [6.45, 7) is 5.23. The fourth-order valence-electron chi connectivity index (χ4n) is 3.43. The smallest absolute Gasteiger partial charge is 0.307 e. The van der Waals surface area contributed by atoms with Crippen LogP contribution in [0.15, 0.2) is 24.3 Å². The number of carbonyl (C=O) groups is 2. The SMILES string of the molecule is CCOC(=O)CCN(Cc1ccc(C)cc1)C(=O)CC1CCCCC1. The van der Waals surface area contributed by atoms with Crippen LogP contribution in [0, 0.1) is 12.8 Å². The van der Waals surface area contributed by atoms with Crippen LogP contribution < -0.4 is 0 Å². The number of carbonyl (C=O) groups excluding carboxylic acids is 2. The molecule has 1 aliphatic carbocycles. The fourth-order valence-corrected chi connectivity index (χ4v) is 3.43. The third-order valence-corrected chi connectivity index (χ3v) is 4.93. The number of esters is 1. The Morgan fingerprint density at radius 1 is 1.12 bits per heavy atom. The second kappa shape index (κ2) is 10.2. The molecule has 0 heterocycles. The summed E-state index contributed by atoms with van der Waals surface area (Å²) < 4.78 is 5.01. The van der Waals surface area contributed by atoms with Gasteiger partial charge in [0.15, 0.2) is 0 Å². The summed E-state index contributed by atoms with van der Waals surface area (Å²) in [7, 11) is 0. The second-order valence-electron chi connectivity index (χ2n) is 7.06. The number of hydrogen-bond donors (Lipinski definition) is 0. The summed E-state index contributed by atoms with van der Waals surface area (Å²) in [5.41, 5.74) is 2.31. The minimum atomic E-state index is -0.234. The molecule has 2 rings (SSSR count). The van der Waals surface area contributed by atoms with Gasteiger partial charge in [0.1, 0.15) is 0 Å². The third-order valence-electron chi connectivity index (χ3n) is 4.93. The van der Waals surface area contributed by atoms with Crippen LogP contribution in [0.1, 0.15) is 63.0 Å². The summed E-state index contributed by atoms with van der Waals surface area (Å²) in [6, 6.07) is 8.23. The maximum atomic E-state index is 12.8. The lowest BCUT2D eigenvalue weighted by Gasteiger charge is -2.27. The van der Waals surface area contributed by atoms with Crippen LogP contribution in [-0.4, -0.2) is 29.9 Å². The van der Waals surface area contributed by atoms with Crippen molar-refractivity contribution in [2.24, 2.45) is 5.92 Å². The number of amides is 1. The van der Waals surface area contributed by atoms with Gasteiger partial charge in [-0.3, -0.25) is 9.59 Å². The standard InChI is InChI=1S/C21H31NO3/c1-3-25-21(24)13-14-22(16-19-11-9-17(2)10-12-19)20(23)15-18-7-5-4-6-8-18/h9-12,18H,3-8,13-16H2,1-2H3. The molecule has 0 atom stereocenters. The Labute approximate surface area is 151 Å². The summed E-state index contributed by atoms with van der Waals surface area (Å²) in [4.78, 5) is 26.4. The summed E-state index contributed by atoms with van der Waals surface area (Å²) in [6.07, 6.45) is 6.94. The van der Waals surface area contributed by atoms with Gasteiger partial charge in [0, 0.05) is 19.5 Å². The lowest BCUT2D eigenvalue weighted by atomic mass is 9.86. The van der Waals surface area contributed by atoms with Gasteiger partial charge in [0.05, 0.1) is 13.0 Å². The van der Waals surface area contributed by atoms with Crippen molar-refractivity contribution in [2.45, 2.75) is 65.3 Å². The van der Waals surface area contributed by atoms with Crippen molar-refractivity contribution < 1.29 is 14.3 Å². The van der Waals surface area contributed by atoms with E-state index >= 15 is 0 Å². The molecule has 0 bridgehead atoms. The molecule has 1 fully saturated rings. The first-order valence-electron chi connectivity index (χ1n) is 9.57. The summed E-state index contributed by atoms with van der Waals surface area (Å²) in [5.74, 6) is 0.433. The number of aryl methyl sites for hydroxylation is 1. The third kappa shape index (κ3) is 6.89. The Kier molecular flexibility index (Phi) is 7.96. The molecule has 4 heteroatoms. The van der Waals surface area contributed by atoms with Crippen LogP contribution in [0.5, 0.6) is 0 Å². The topological polar surface area (TPSA) is 46.6 Å². The molecule has 1 aromatic carbocycles. The van der Waals surface area contributed by atoms with E-state index in [4.69, 9.17) is 4.74 Å². The zero-order valence-electron chi connectivity index (χ0n) is 15.6. The van der Waals surface area contributed by atoms with Gasteiger partial charge in [0.2, 0.25) is 5.91 Å². The van der Waals surface area contributed by atoms with Crippen LogP contribution in [0.4, 0.5) is 0 Å². The van der Waals surface area contributed by atoms with E-state index in [1.807, 2.05) is 4.90 Å². The maximum absolute atomic E-state index is 12.8. The molecule has 1 aliphatic rings. The van der Waals surface area contributed by atoms with Crippen LogP contribution >= 0.6 is 0 Å². The van der Waals surface area contributed by atoms with Crippen molar-refractivity contribution in [3.05, 3.63) is 35.4 Å². The largest absolute Gasteiger partial charge is 0.466 e. The Balaban J connectivity index is 1.97. The van der Waals surface area contributed by atoms with Gasteiger partial charge >= 0.3 is 5.97 Å². The van der Waals surface area contributed by atoms with Gasteiger partial charge in [0.25, 0.3) is 0 Å². The molecular weight excluding hydrogens is 314 g/mol. The molecule has 0 saturated heterocycles. The summed E-state index contributed by atoms with van der Waals surface area (Å²) in [5, 5.41) is 0. The molecule has 138 valence electrons. The van der Waals surface area contributed by atoms with E-state index in [1.165, 1.54) is 24.8 Å². The van der Waals surface area contributed by atoms with Crippen molar-refractivity contribution in [3.8, 4) is 0 Å². The van der Waals surface area contributed by atoms with E-state index in [0.29, 0.717) is 32.0 Å². The molecular formula is C21H31NO3. The Hall–Kier alpha value is -1.84. The van der Waals surface area contributed by atoms with Crippen LogP contribution in [0.2, 0.25) is 0 Å². The van der Waals surface area contributed by atoms with E-state index < -0.39 is 0 Å². The monoisotopic (exact) mass is 345 g/mol. The molecule has 1 saturated carbocycles. The Bertz CT molecular complexity index is 547. The predicted octanol–water partition coefficient (Wildman–Crippen LogP) is 4.25. The van der Waals surface area contributed by atoms with Gasteiger partial charge in [-0.25, -0.2) is 0 Å². The van der Waals surface area contributed by atoms with E-state index in [0.717, 1.165) is 18.4 Å². The first-order chi connectivity index (χ1) is 12.1. The number of nitrogens with zero attached hydrogens (tertiary/aromatic N) is 1. The van der Waals surface area contributed by atoms with Gasteiger partial charge in [-0.05, 0) is 38.2 Å². The highest BCUT2D eigenvalue weighted by atomic mass is 16.5. The van der Waals surface area contributed by atoms with Crippen LogP contribution in [0.3, 0.4) is 0 Å². The fraction of sp³-hybridized carbons (Fsp3) is 0.619. The molecule has 0 N–H and O–H groups in total. The normalized spacial score (nSPS) is 15.0. The first-order valence-corrected chi connectivity index (χ1v) is 9.57. The Morgan fingerprint density at radius 2 is 1.80 bits per heavy atom. The average molecular weight is 345 g/mol. The molecule has 4 nitrogen and oxygen atoms in total. The number of hydrogen-bond acceptors (Lipinski definition) is 3. The highest BCUT2D eigenvalue weighted by molar-refractivity contribution is 5.77. The van der Waals surface area contributed by atoms with E-state index in [2.05, 4.69) is 31.2 Å². The lowest BCUT2D eigenvalue weighted by molar-refractivity contribution is -0.144.